The molecule has 0 bridgehead atoms. The number of nitrogens with one attached hydrogen (secondary N) is 1. The van der Waals surface area contributed by atoms with Crippen LogP contribution in [0.3, 0.4) is 0 Å². The summed E-state index contributed by atoms with van der Waals surface area (Å²) in [6.45, 7) is 6.50. The third-order valence-corrected chi connectivity index (χ3v) is 5.32. The van der Waals surface area contributed by atoms with E-state index in [1.807, 2.05) is 0 Å². The Labute approximate surface area is 168 Å². The molecule has 1 heterocycles. The van der Waals surface area contributed by atoms with Gasteiger partial charge in [-0.15, -0.1) is 0 Å². The Bertz CT molecular complexity index is 694. The molecule has 144 valence electrons. The average Bonchev–Trinajstić information content (AvgIpc) is 2.71. The van der Waals surface area contributed by atoms with Crippen LogP contribution >= 0.6 is 12.2 Å². The molecule has 4 nitrogen and oxygen atoms in total. The Kier molecular flexibility index (Phi) is 7.48. The molecular formula is C22H30N4S. The largest absolute Gasteiger partial charge is 0.376 e. The number of thiocarbonyl (C=S) groups is 1. The van der Waals surface area contributed by atoms with Crippen LogP contribution in [0.1, 0.15) is 24.0 Å². The number of piperazine rings is 1. The standard InChI is InChI=1S/C22H30N4S/c23-22(27)24-18-20-11-9-19(10-12-20)6-4-5-13-25-14-16-26(17-15-25)21-7-2-1-3-8-21/h1-3,7-12H,4-6,13-18H2,(H3,23,24,27). The molecule has 0 atom stereocenters. The van der Waals surface area contributed by atoms with Crippen molar-refractivity contribution in [1.82, 2.24) is 10.2 Å². The first kappa shape index (κ1) is 19.6. The summed E-state index contributed by atoms with van der Waals surface area (Å²) in [7, 11) is 0. The number of benzene rings is 2. The number of para-hydroxylation sites is 1. The fourth-order valence-electron chi connectivity index (χ4n) is 3.55. The van der Waals surface area contributed by atoms with Crippen LogP contribution < -0.4 is 16.0 Å². The van der Waals surface area contributed by atoms with Gasteiger partial charge >= 0.3 is 0 Å². The molecule has 0 aliphatic carbocycles. The van der Waals surface area contributed by atoms with Crippen molar-refractivity contribution in [1.29, 1.82) is 0 Å². The van der Waals surface area contributed by atoms with Crippen LogP contribution in [0.4, 0.5) is 5.69 Å². The van der Waals surface area contributed by atoms with Crippen molar-refractivity contribution in [3.8, 4) is 0 Å². The van der Waals surface area contributed by atoms with Crippen LogP contribution in [-0.2, 0) is 13.0 Å². The van der Waals surface area contributed by atoms with Gasteiger partial charge in [0.15, 0.2) is 5.11 Å². The molecule has 27 heavy (non-hydrogen) atoms. The van der Waals surface area contributed by atoms with Crippen molar-refractivity contribution < 1.29 is 0 Å². The van der Waals surface area contributed by atoms with E-state index in [2.05, 4.69) is 69.7 Å². The lowest BCUT2D eigenvalue weighted by Gasteiger charge is -2.36. The molecule has 1 aliphatic heterocycles. The van der Waals surface area contributed by atoms with Crippen LogP contribution in [0.25, 0.3) is 0 Å². The van der Waals surface area contributed by atoms with Crippen molar-refractivity contribution >= 4 is 23.0 Å². The predicted octanol–water partition coefficient (Wildman–Crippen LogP) is 3.16. The third kappa shape index (κ3) is 6.52. The van der Waals surface area contributed by atoms with Crippen LogP contribution in [0.2, 0.25) is 0 Å². The second kappa shape index (κ2) is 10.3. The Morgan fingerprint density at radius 2 is 1.56 bits per heavy atom. The molecule has 0 unspecified atom stereocenters. The van der Waals surface area contributed by atoms with Crippen molar-refractivity contribution in [2.45, 2.75) is 25.8 Å². The molecule has 2 aromatic rings. The van der Waals surface area contributed by atoms with Gasteiger partial charge < -0.3 is 16.0 Å². The topological polar surface area (TPSA) is 44.5 Å². The third-order valence-electron chi connectivity index (χ3n) is 5.17. The van der Waals surface area contributed by atoms with Gasteiger partial charge in [0, 0.05) is 38.4 Å². The van der Waals surface area contributed by atoms with Gasteiger partial charge in [-0.05, 0) is 61.3 Å². The van der Waals surface area contributed by atoms with E-state index in [9.17, 15) is 0 Å². The highest BCUT2D eigenvalue weighted by Crippen LogP contribution is 2.16. The SMILES string of the molecule is NC(=S)NCc1ccc(CCCCN2CCN(c3ccccc3)CC2)cc1. The van der Waals surface area contributed by atoms with E-state index in [4.69, 9.17) is 18.0 Å². The Hall–Kier alpha value is -2.11. The summed E-state index contributed by atoms with van der Waals surface area (Å²) < 4.78 is 0. The fraction of sp³-hybridized carbons (Fsp3) is 0.409. The zero-order valence-corrected chi connectivity index (χ0v) is 16.8. The lowest BCUT2D eigenvalue weighted by atomic mass is 10.1. The zero-order chi connectivity index (χ0) is 18.9. The van der Waals surface area contributed by atoms with Crippen molar-refractivity contribution in [2.75, 3.05) is 37.6 Å². The lowest BCUT2D eigenvalue weighted by Crippen LogP contribution is -2.46. The maximum Gasteiger partial charge on any atom is 0.163 e. The van der Waals surface area contributed by atoms with Gasteiger partial charge in [-0.2, -0.15) is 0 Å². The second-order valence-corrected chi connectivity index (χ2v) is 7.60. The highest BCUT2D eigenvalue weighted by Gasteiger charge is 2.16. The van der Waals surface area contributed by atoms with Crippen molar-refractivity contribution in [3.05, 3.63) is 65.7 Å². The van der Waals surface area contributed by atoms with Crippen molar-refractivity contribution in [3.63, 3.8) is 0 Å². The summed E-state index contributed by atoms with van der Waals surface area (Å²) in [5.74, 6) is 0. The van der Waals surface area contributed by atoms with E-state index < -0.39 is 0 Å². The summed E-state index contributed by atoms with van der Waals surface area (Å²) in [6.07, 6.45) is 3.65. The molecule has 1 aliphatic rings. The van der Waals surface area contributed by atoms with Gasteiger partial charge in [-0.3, -0.25) is 4.90 Å². The lowest BCUT2D eigenvalue weighted by molar-refractivity contribution is 0.253. The highest BCUT2D eigenvalue weighted by molar-refractivity contribution is 7.80. The Morgan fingerprint density at radius 1 is 0.889 bits per heavy atom. The summed E-state index contributed by atoms with van der Waals surface area (Å²) in [5, 5.41) is 3.33. The van der Waals surface area contributed by atoms with Gasteiger partial charge in [0.1, 0.15) is 0 Å². The van der Waals surface area contributed by atoms with Crippen LogP contribution in [0, 0.1) is 0 Å². The predicted molar refractivity (Wildman–Crippen MR) is 118 cm³/mol. The fourth-order valence-corrected chi connectivity index (χ4v) is 3.62. The van der Waals surface area contributed by atoms with E-state index in [0.717, 1.165) is 19.5 Å². The molecule has 0 radical (unpaired) electrons. The van der Waals surface area contributed by atoms with Crippen molar-refractivity contribution in [2.24, 2.45) is 5.73 Å². The van der Waals surface area contributed by atoms with Crippen LogP contribution in [-0.4, -0.2) is 42.7 Å². The molecule has 0 amide bonds. The number of nitrogens with zero attached hydrogens (tertiary/aromatic N) is 2. The molecule has 1 saturated heterocycles. The minimum atomic E-state index is 0.351. The van der Waals surface area contributed by atoms with Gasteiger partial charge in [0.05, 0.1) is 0 Å². The summed E-state index contributed by atoms with van der Waals surface area (Å²) >= 11 is 4.84. The first-order valence-corrected chi connectivity index (χ1v) is 10.2. The number of rotatable bonds is 8. The zero-order valence-electron chi connectivity index (χ0n) is 15.9. The van der Waals surface area contributed by atoms with Gasteiger partial charge in [0.2, 0.25) is 0 Å². The number of anilines is 1. The van der Waals surface area contributed by atoms with E-state index in [1.54, 1.807) is 0 Å². The maximum atomic E-state index is 5.46. The van der Waals surface area contributed by atoms with Crippen LogP contribution in [0.5, 0.6) is 0 Å². The molecule has 3 rings (SSSR count). The van der Waals surface area contributed by atoms with Crippen LogP contribution in [0.15, 0.2) is 54.6 Å². The molecule has 0 saturated carbocycles. The molecular weight excluding hydrogens is 352 g/mol. The Balaban J connectivity index is 1.31. The summed E-state index contributed by atoms with van der Waals surface area (Å²) in [6, 6.07) is 19.5. The molecule has 0 spiro atoms. The molecule has 5 heteroatoms. The first-order chi connectivity index (χ1) is 13.2. The van der Waals surface area contributed by atoms with Gasteiger partial charge in [-0.1, -0.05) is 42.5 Å². The van der Waals surface area contributed by atoms with E-state index >= 15 is 0 Å². The Morgan fingerprint density at radius 3 is 2.22 bits per heavy atom. The normalized spacial score (nSPS) is 14.9. The minimum absolute atomic E-state index is 0.351. The molecule has 2 aromatic carbocycles. The number of hydrogen-bond donors (Lipinski definition) is 2. The second-order valence-electron chi connectivity index (χ2n) is 7.16. The number of unbranched alkanes of at least 4 members (excludes halogenated alkanes) is 1. The molecule has 3 N–H and O–H groups in total. The van der Waals surface area contributed by atoms with E-state index in [-0.39, 0.29) is 0 Å². The number of nitrogens with two attached hydrogens (primary N) is 1. The van der Waals surface area contributed by atoms with Gasteiger partial charge in [0.25, 0.3) is 0 Å². The summed E-state index contributed by atoms with van der Waals surface area (Å²) in [4.78, 5) is 5.09. The van der Waals surface area contributed by atoms with E-state index in [1.165, 1.54) is 49.3 Å². The highest BCUT2D eigenvalue weighted by atomic mass is 32.1. The average molecular weight is 383 g/mol. The molecule has 1 fully saturated rings. The summed E-state index contributed by atoms with van der Waals surface area (Å²) in [5.41, 5.74) is 9.43. The first-order valence-electron chi connectivity index (χ1n) is 9.84. The number of aryl methyl sites for hydroxylation is 1. The minimum Gasteiger partial charge on any atom is -0.376 e. The monoisotopic (exact) mass is 382 g/mol. The molecule has 0 aromatic heterocycles. The maximum absolute atomic E-state index is 5.46. The van der Waals surface area contributed by atoms with Gasteiger partial charge in [-0.25, -0.2) is 0 Å². The van der Waals surface area contributed by atoms with E-state index in [0.29, 0.717) is 11.7 Å². The quantitative estimate of drug-likeness (QED) is 0.542. The smallest absolute Gasteiger partial charge is 0.163 e. The number of hydrogen-bond acceptors (Lipinski definition) is 3.